The van der Waals surface area contributed by atoms with Crippen LogP contribution in [0.5, 0.6) is 17.2 Å². The van der Waals surface area contributed by atoms with E-state index < -0.39 is 0 Å². The van der Waals surface area contributed by atoms with E-state index in [9.17, 15) is 4.79 Å². The van der Waals surface area contributed by atoms with Crippen LogP contribution in [0.3, 0.4) is 0 Å². The standard InChI is InChI=1S/C28H29N5O4/c1-35-23-13-10-20(11-14-23)12-15-26(34)33-28(30-19-22-7-5-9-25(17-22)37-3)31-27(32-33)29-18-21-6-4-8-24(16-21)36-2/h4-17H,18-19H2,1-3H3,(H2,29,30,31,32)/b15-12+. The summed E-state index contributed by atoms with van der Waals surface area (Å²) in [4.78, 5) is 17.6. The zero-order valence-electron chi connectivity index (χ0n) is 21.0. The van der Waals surface area contributed by atoms with Crippen molar-refractivity contribution < 1.29 is 19.0 Å². The van der Waals surface area contributed by atoms with E-state index in [0.29, 0.717) is 25.0 Å². The van der Waals surface area contributed by atoms with E-state index in [1.807, 2.05) is 72.8 Å². The van der Waals surface area contributed by atoms with Crippen molar-refractivity contribution in [2.24, 2.45) is 0 Å². The average Bonchev–Trinajstić information content (AvgIpc) is 3.37. The third kappa shape index (κ3) is 6.88. The van der Waals surface area contributed by atoms with Crippen LogP contribution in [-0.2, 0) is 13.1 Å². The maximum Gasteiger partial charge on any atom is 0.274 e. The number of rotatable bonds is 11. The number of nitrogens with one attached hydrogen (secondary N) is 2. The van der Waals surface area contributed by atoms with E-state index >= 15 is 0 Å². The van der Waals surface area contributed by atoms with Gasteiger partial charge in [-0.15, -0.1) is 5.10 Å². The van der Waals surface area contributed by atoms with Gasteiger partial charge in [0.25, 0.3) is 5.91 Å². The Hall–Kier alpha value is -4.79. The number of nitrogens with zero attached hydrogens (tertiary/aromatic N) is 3. The average molecular weight is 500 g/mol. The van der Waals surface area contributed by atoms with Gasteiger partial charge in [0.05, 0.1) is 21.3 Å². The maximum absolute atomic E-state index is 13.1. The Labute approximate surface area is 215 Å². The summed E-state index contributed by atoms with van der Waals surface area (Å²) in [6, 6.07) is 22.8. The number of carbonyl (C=O) groups is 1. The van der Waals surface area contributed by atoms with Crippen molar-refractivity contribution in [2.75, 3.05) is 32.0 Å². The Kier molecular flexibility index (Phi) is 8.38. The number of anilines is 2. The lowest BCUT2D eigenvalue weighted by Gasteiger charge is -2.07. The summed E-state index contributed by atoms with van der Waals surface area (Å²) in [6.45, 7) is 0.896. The number of hydrogen-bond donors (Lipinski definition) is 2. The second-order valence-electron chi connectivity index (χ2n) is 8.03. The summed E-state index contributed by atoms with van der Waals surface area (Å²) < 4.78 is 17.0. The number of ether oxygens (including phenoxy) is 3. The Bertz CT molecular complexity index is 1370. The number of carbonyl (C=O) groups excluding carboxylic acids is 1. The van der Waals surface area contributed by atoms with Gasteiger partial charge in [-0.1, -0.05) is 36.4 Å². The number of methoxy groups -OCH3 is 3. The summed E-state index contributed by atoms with van der Waals surface area (Å²) in [5.74, 6) is 2.56. The molecule has 190 valence electrons. The lowest BCUT2D eigenvalue weighted by molar-refractivity contribution is 0.0957. The molecule has 3 aromatic carbocycles. The Balaban J connectivity index is 1.53. The Morgan fingerprint density at radius 1 is 0.811 bits per heavy atom. The molecule has 9 nitrogen and oxygen atoms in total. The molecule has 37 heavy (non-hydrogen) atoms. The fourth-order valence-corrected chi connectivity index (χ4v) is 3.54. The first-order valence-corrected chi connectivity index (χ1v) is 11.6. The highest BCUT2D eigenvalue weighted by Crippen LogP contribution is 2.18. The molecule has 9 heteroatoms. The van der Waals surface area contributed by atoms with Gasteiger partial charge in [-0.3, -0.25) is 4.79 Å². The molecule has 1 heterocycles. The fourth-order valence-electron chi connectivity index (χ4n) is 3.54. The van der Waals surface area contributed by atoms with Crippen LogP contribution in [0, 0.1) is 0 Å². The van der Waals surface area contributed by atoms with Gasteiger partial charge in [0, 0.05) is 19.2 Å². The molecular weight excluding hydrogens is 470 g/mol. The third-order valence-electron chi connectivity index (χ3n) is 5.52. The first-order chi connectivity index (χ1) is 18.1. The second-order valence-corrected chi connectivity index (χ2v) is 8.03. The minimum atomic E-state index is -0.342. The molecule has 0 radical (unpaired) electrons. The molecular formula is C28H29N5O4. The normalized spacial score (nSPS) is 10.8. The molecule has 0 saturated carbocycles. The predicted molar refractivity (Wildman–Crippen MR) is 143 cm³/mol. The lowest BCUT2D eigenvalue weighted by Crippen LogP contribution is -2.14. The molecule has 0 aliphatic rings. The van der Waals surface area contributed by atoms with E-state index in [2.05, 4.69) is 20.7 Å². The zero-order valence-corrected chi connectivity index (χ0v) is 21.0. The van der Waals surface area contributed by atoms with Gasteiger partial charge in [0.1, 0.15) is 17.2 Å². The lowest BCUT2D eigenvalue weighted by atomic mass is 10.2. The molecule has 0 bridgehead atoms. The van der Waals surface area contributed by atoms with Crippen molar-refractivity contribution in [3.63, 3.8) is 0 Å². The highest BCUT2D eigenvalue weighted by atomic mass is 16.5. The van der Waals surface area contributed by atoms with E-state index in [-0.39, 0.29) is 5.91 Å². The summed E-state index contributed by atoms with van der Waals surface area (Å²) in [5.41, 5.74) is 2.82. The molecule has 0 spiro atoms. The number of allylic oxidation sites excluding steroid dienone is 1. The van der Waals surface area contributed by atoms with Crippen LogP contribution in [0.4, 0.5) is 11.9 Å². The SMILES string of the molecule is COc1ccc(/C=C/C(=O)n2nc(NCc3cccc(OC)c3)nc2NCc2cccc(OC)c2)cc1. The van der Waals surface area contributed by atoms with Crippen LogP contribution in [0.25, 0.3) is 6.08 Å². The van der Waals surface area contributed by atoms with Gasteiger partial charge in [-0.05, 0) is 59.2 Å². The molecule has 1 aromatic heterocycles. The van der Waals surface area contributed by atoms with Crippen molar-refractivity contribution >= 4 is 23.9 Å². The van der Waals surface area contributed by atoms with Crippen molar-refractivity contribution in [1.82, 2.24) is 14.8 Å². The minimum Gasteiger partial charge on any atom is -0.497 e. The minimum absolute atomic E-state index is 0.320. The summed E-state index contributed by atoms with van der Waals surface area (Å²) in [5, 5.41) is 10.8. The quantitative estimate of drug-likeness (QED) is 0.282. The number of benzene rings is 3. The smallest absolute Gasteiger partial charge is 0.274 e. The third-order valence-corrected chi connectivity index (χ3v) is 5.52. The molecule has 0 amide bonds. The van der Waals surface area contributed by atoms with Crippen LogP contribution in [0.15, 0.2) is 78.9 Å². The van der Waals surface area contributed by atoms with Crippen molar-refractivity contribution in [2.45, 2.75) is 13.1 Å². The van der Waals surface area contributed by atoms with Crippen LogP contribution >= 0.6 is 0 Å². The number of hydrogen-bond acceptors (Lipinski definition) is 8. The Morgan fingerprint density at radius 2 is 1.41 bits per heavy atom. The fraction of sp³-hybridized carbons (Fsp3) is 0.179. The van der Waals surface area contributed by atoms with Gasteiger partial charge >= 0.3 is 0 Å². The van der Waals surface area contributed by atoms with Crippen molar-refractivity contribution in [3.8, 4) is 17.2 Å². The van der Waals surface area contributed by atoms with E-state index in [1.165, 1.54) is 10.8 Å². The summed E-state index contributed by atoms with van der Waals surface area (Å²) in [6.07, 6.45) is 3.18. The van der Waals surface area contributed by atoms with E-state index in [1.54, 1.807) is 27.4 Å². The van der Waals surface area contributed by atoms with Gasteiger partial charge < -0.3 is 24.8 Å². The molecule has 0 atom stereocenters. The van der Waals surface area contributed by atoms with Crippen LogP contribution in [0.2, 0.25) is 0 Å². The van der Waals surface area contributed by atoms with E-state index in [4.69, 9.17) is 14.2 Å². The van der Waals surface area contributed by atoms with Gasteiger partial charge in [0.2, 0.25) is 11.9 Å². The first kappa shape index (κ1) is 25.3. The Morgan fingerprint density at radius 3 is 2.00 bits per heavy atom. The van der Waals surface area contributed by atoms with Gasteiger partial charge in [-0.25, -0.2) is 0 Å². The molecule has 4 aromatic rings. The summed E-state index contributed by atoms with van der Waals surface area (Å²) in [7, 11) is 4.86. The predicted octanol–water partition coefficient (Wildman–Crippen LogP) is 4.88. The van der Waals surface area contributed by atoms with Gasteiger partial charge in [-0.2, -0.15) is 9.67 Å². The first-order valence-electron chi connectivity index (χ1n) is 11.6. The highest BCUT2D eigenvalue weighted by Gasteiger charge is 2.15. The monoisotopic (exact) mass is 499 g/mol. The van der Waals surface area contributed by atoms with Crippen LogP contribution < -0.4 is 24.8 Å². The van der Waals surface area contributed by atoms with Crippen LogP contribution in [-0.4, -0.2) is 42.0 Å². The molecule has 2 N–H and O–H groups in total. The molecule has 0 unspecified atom stereocenters. The largest absolute Gasteiger partial charge is 0.497 e. The molecule has 0 fully saturated rings. The van der Waals surface area contributed by atoms with Crippen molar-refractivity contribution in [1.29, 1.82) is 0 Å². The van der Waals surface area contributed by atoms with E-state index in [0.717, 1.165) is 33.9 Å². The highest BCUT2D eigenvalue weighted by molar-refractivity contribution is 5.94. The molecule has 0 aliphatic heterocycles. The molecule has 0 saturated heterocycles. The second kappa shape index (κ2) is 12.3. The number of aromatic nitrogens is 3. The van der Waals surface area contributed by atoms with Gasteiger partial charge in [0.15, 0.2) is 0 Å². The summed E-state index contributed by atoms with van der Waals surface area (Å²) >= 11 is 0. The van der Waals surface area contributed by atoms with Crippen LogP contribution in [0.1, 0.15) is 21.5 Å². The molecule has 4 rings (SSSR count). The topological polar surface area (TPSA) is 99.5 Å². The molecule has 0 aliphatic carbocycles. The maximum atomic E-state index is 13.1. The zero-order chi connectivity index (χ0) is 26.0. The van der Waals surface area contributed by atoms with Crippen molar-refractivity contribution in [3.05, 3.63) is 95.6 Å².